The van der Waals surface area contributed by atoms with Crippen molar-refractivity contribution in [1.29, 1.82) is 0 Å². The zero-order chi connectivity index (χ0) is 14.5. The third-order valence-electron chi connectivity index (χ3n) is 3.68. The fraction of sp³-hybridized carbons (Fsp3) is 0.429. The van der Waals surface area contributed by atoms with Crippen LogP contribution in [0.4, 0.5) is 5.69 Å². The summed E-state index contributed by atoms with van der Waals surface area (Å²) in [6.45, 7) is 3.83. The molecular formula is C14H18N6O. The van der Waals surface area contributed by atoms with Crippen LogP contribution in [0.3, 0.4) is 0 Å². The van der Waals surface area contributed by atoms with E-state index in [0.29, 0.717) is 13.0 Å². The molecule has 0 spiro atoms. The van der Waals surface area contributed by atoms with Gasteiger partial charge in [0.15, 0.2) is 0 Å². The topological polar surface area (TPSA) is 67.2 Å². The van der Waals surface area contributed by atoms with Crippen LogP contribution in [0, 0.1) is 0 Å². The van der Waals surface area contributed by atoms with Gasteiger partial charge in [-0.05, 0) is 12.1 Å². The lowest BCUT2D eigenvalue weighted by Gasteiger charge is -2.36. The van der Waals surface area contributed by atoms with Gasteiger partial charge in [-0.3, -0.25) is 14.5 Å². The van der Waals surface area contributed by atoms with Crippen LogP contribution in [0.2, 0.25) is 0 Å². The van der Waals surface area contributed by atoms with E-state index in [1.807, 2.05) is 17.0 Å². The molecule has 2 aromatic heterocycles. The molecule has 1 amide bonds. The SMILES string of the molecule is O=C(CCn1cncn1)N1CCN(c2ccncc2)CC1. The van der Waals surface area contributed by atoms with E-state index >= 15 is 0 Å². The largest absolute Gasteiger partial charge is 0.368 e. The van der Waals surface area contributed by atoms with Crippen LogP contribution >= 0.6 is 0 Å². The Bertz CT molecular complexity index is 562. The monoisotopic (exact) mass is 286 g/mol. The Morgan fingerprint density at radius 2 is 1.86 bits per heavy atom. The fourth-order valence-corrected chi connectivity index (χ4v) is 2.49. The normalized spacial score (nSPS) is 15.2. The Morgan fingerprint density at radius 1 is 1.10 bits per heavy atom. The molecule has 7 nitrogen and oxygen atoms in total. The first-order valence-electron chi connectivity index (χ1n) is 7.08. The van der Waals surface area contributed by atoms with Gasteiger partial charge < -0.3 is 9.80 Å². The van der Waals surface area contributed by atoms with Crippen molar-refractivity contribution in [2.45, 2.75) is 13.0 Å². The third kappa shape index (κ3) is 3.36. The molecule has 110 valence electrons. The molecule has 0 aromatic carbocycles. The number of anilines is 1. The molecule has 3 heterocycles. The van der Waals surface area contributed by atoms with Crippen molar-refractivity contribution in [2.24, 2.45) is 0 Å². The summed E-state index contributed by atoms with van der Waals surface area (Å²) in [6.07, 6.45) is 7.18. The number of pyridine rings is 1. The molecule has 21 heavy (non-hydrogen) atoms. The van der Waals surface area contributed by atoms with Gasteiger partial charge in [-0.2, -0.15) is 5.10 Å². The van der Waals surface area contributed by atoms with Crippen molar-refractivity contribution in [3.8, 4) is 0 Å². The number of carbonyl (C=O) groups excluding carboxylic acids is 1. The van der Waals surface area contributed by atoms with Crippen molar-refractivity contribution >= 4 is 11.6 Å². The molecule has 0 aliphatic carbocycles. The van der Waals surface area contributed by atoms with E-state index < -0.39 is 0 Å². The maximum Gasteiger partial charge on any atom is 0.224 e. The number of piperazine rings is 1. The van der Waals surface area contributed by atoms with Gasteiger partial charge in [-0.25, -0.2) is 4.98 Å². The van der Waals surface area contributed by atoms with Gasteiger partial charge >= 0.3 is 0 Å². The van der Waals surface area contributed by atoms with Crippen LogP contribution in [0.1, 0.15) is 6.42 Å². The van der Waals surface area contributed by atoms with Gasteiger partial charge in [-0.15, -0.1) is 0 Å². The summed E-state index contributed by atoms with van der Waals surface area (Å²) in [7, 11) is 0. The predicted octanol–water partition coefficient (Wildman–Crippen LogP) is 0.412. The van der Waals surface area contributed by atoms with E-state index in [9.17, 15) is 4.79 Å². The number of hydrogen-bond acceptors (Lipinski definition) is 5. The summed E-state index contributed by atoms with van der Waals surface area (Å²) >= 11 is 0. The van der Waals surface area contributed by atoms with Crippen LogP contribution in [0.5, 0.6) is 0 Å². The Balaban J connectivity index is 1.48. The Hall–Kier alpha value is -2.44. The van der Waals surface area contributed by atoms with Crippen LogP contribution in [0.25, 0.3) is 0 Å². The second kappa shape index (κ2) is 6.34. The van der Waals surface area contributed by atoms with E-state index in [1.165, 1.54) is 12.0 Å². The maximum absolute atomic E-state index is 12.2. The number of nitrogens with zero attached hydrogens (tertiary/aromatic N) is 6. The van der Waals surface area contributed by atoms with E-state index in [1.54, 1.807) is 23.4 Å². The van der Waals surface area contributed by atoms with Crippen molar-refractivity contribution in [3.05, 3.63) is 37.2 Å². The quantitative estimate of drug-likeness (QED) is 0.814. The lowest BCUT2D eigenvalue weighted by atomic mass is 10.2. The summed E-state index contributed by atoms with van der Waals surface area (Å²) in [6, 6.07) is 4.00. The lowest BCUT2D eigenvalue weighted by molar-refractivity contribution is -0.131. The zero-order valence-electron chi connectivity index (χ0n) is 11.8. The minimum atomic E-state index is 0.180. The average molecular weight is 286 g/mol. The number of carbonyl (C=O) groups is 1. The number of aromatic nitrogens is 4. The van der Waals surface area contributed by atoms with E-state index in [0.717, 1.165) is 26.2 Å². The summed E-state index contributed by atoms with van der Waals surface area (Å²) in [4.78, 5) is 24.3. The van der Waals surface area contributed by atoms with Crippen LogP contribution in [-0.4, -0.2) is 56.7 Å². The van der Waals surface area contributed by atoms with E-state index in [-0.39, 0.29) is 5.91 Å². The molecule has 0 radical (unpaired) electrons. The molecule has 1 saturated heterocycles. The highest BCUT2D eigenvalue weighted by Gasteiger charge is 2.20. The second-order valence-electron chi connectivity index (χ2n) is 4.98. The molecule has 0 atom stereocenters. The molecule has 1 fully saturated rings. The van der Waals surface area contributed by atoms with Crippen LogP contribution in [0.15, 0.2) is 37.2 Å². The molecule has 0 bridgehead atoms. The van der Waals surface area contributed by atoms with Gasteiger partial charge in [0.1, 0.15) is 12.7 Å². The number of hydrogen-bond donors (Lipinski definition) is 0. The lowest BCUT2D eigenvalue weighted by Crippen LogP contribution is -2.49. The summed E-state index contributed by atoms with van der Waals surface area (Å²) in [5.41, 5.74) is 1.17. The standard InChI is InChI=1S/C14H18N6O/c21-14(3-6-20-12-16-11-17-20)19-9-7-18(8-10-19)13-1-4-15-5-2-13/h1-2,4-5,11-12H,3,6-10H2. The highest BCUT2D eigenvalue weighted by atomic mass is 16.2. The Morgan fingerprint density at radius 3 is 2.52 bits per heavy atom. The zero-order valence-corrected chi connectivity index (χ0v) is 11.8. The highest BCUT2D eigenvalue weighted by molar-refractivity contribution is 5.76. The van der Waals surface area contributed by atoms with Crippen molar-refractivity contribution < 1.29 is 4.79 Å². The van der Waals surface area contributed by atoms with Gasteiger partial charge in [0, 0.05) is 50.7 Å². The molecule has 1 aliphatic heterocycles. The number of amides is 1. The number of aryl methyl sites for hydroxylation is 1. The third-order valence-corrected chi connectivity index (χ3v) is 3.68. The van der Waals surface area contributed by atoms with Gasteiger partial charge in [-0.1, -0.05) is 0 Å². The molecule has 1 aliphatic rings. The first kappa shape index (κ1) is 13.5. The first-order chi connectivity index (χ1) is 10.3. The van der Waals surface area contributed by atoms with Gasteiger partial charge in [0.25, 0.3) is 0 Å². The Kier molecular flexibility index (Phi) is 4.09. The molecular weight excluding hydrogens is 268 g/mol. The van der Waals surface area contributed by atoms with Crippen molar-refractivity contribution in [1.82, 2.24) is 24.6 Å². The highest BCUT2D eigenvalue weighted by Crippen LogP contribution is 2.15. The fourth-order valence-electron chi connectivity index (χ4n) is 2.49. The van der Waals surface area contributed by atoms with E-state index in [4.69, 9.17) is 0 Å². The van der Waals surface area contributed by atoms with Crippen LogP contribution < -0.4 is 4.90 Å². The van der Waals surface area contributed by atoms with E-state index in [2.05, 4.69) is 20.0 Å². The molecule has 0 saturated carbocycles. The van der Waals surface area contributed by atoms with Crippen LogP contribution in [-0.2, 0) is 11.3 Å². The minimum Gasteiger partial charge on any atom is -0.368 e. The summed E-state index contributed by atoms with van der Waals surface area (Å²) < 4.78 is 1.69. The molecule has 7 heteroatoms. The molecule has 2 aromatic rings. The van der Waals surface area contributed by atoms with Gasteiger partial charge in [0.05, 0.1) is 6.54 Å². The minimum absolute atomic E-state index is 0.180. The van der Waals surface area contributed by atoms with Gasteiger partial charge in [0.2, 0.25) is 5.91 Å². The smallest absolute Gasteiger partial charge is 0.224 e. The number of rotatable bonds is 4. The first-order valence-corrected chi connectivity index (χ1v) is 7.08. The summed E-state index contributed by atoms with van der Waals surface area (Å²) in [5.74, 6) is 0.180. The van der Waals surface area contributed by atoms with Crippen molar-refractivity contribution in [2.75, 3.05) is 31.1 Å². The van der Waals surface area contributed by atoms with Crippen molar-refractivity contribution in [3.63, 3.8) is 0 Å². The maximum atomic E-state index is 12.2. The molecule has 0 N–H and O–H groups in total. The second-order valence-corrected chi connectivity index (χ2v) is 4.98. The molecule has 0 unspecified atom stereocenters. The predicted molar refractivity (Wildman–Crippen MR) is 77.7 cm³/mol. The average Bonchev–Trinajstić information content (AvgIpc) is 3.07. The Labute approximate surface area is 123 Å². The molecule has 3 rings (SSSR count). The summed E-state index contributed by atoms with van der Waals surface area (Å²) in [5, 5.41) is 4.01.